The number of carbonyl (C=O) groups excluding carboxylic acids is 1. The predicted octanol–water partition coefficient (Wildman–Crippen LogP) is 6.77. The van der Waals surface area contributed by atoms with Gasteiger partial charge < -0.3 is 10.6 Å². The third-order valence-electron chi connectivity index (χ3n) is 6.97. The molecule has 2 atom stereocenters. The van der Waals surface area contributed by atoms with Crippen LogP contribution in [0.15, 0.2) is 61.2 Å². The van der Waals surface area contributed by atoms with Gasteiger partial charge in [-0.05, 0) is 82.0 Å². The summed E-state index contributed by atoms with van der Waals surface area (Å²) in [7, 11) is -3.59. The molecule has 0 saturated heterocycles. The SMILES string of the molecule is C=C[C@@]1(NC(=O)c2cccc(NS(=O)(=O)C(C)C)c2)CCC[C@H](Nc2cc(C(F)(F)F)nc3ccc(Cl)cc23)C1. The molecule has 4 rings (SSSR count). The summed E-state index contributed by atoms with van der Waals surface area (Å²) in [5.41, 5.74) is -0.925. The predicted molar refractivity (Wildman–Crippen MR) is 152 cm³/mol. The molecule has 1 heterocycles. The Bertz CT molecular complexity index is 1550. The largest absolute Gasteiger partial charge is 0.433 e. The zero-order valence-corrected chi connectivity index (χ0v) is 23.6. The number of pyridine rings is 1. The summed E-state index contributed by atoms with van der Waals surface area (Å²) in [6.07, 6.45) is -0.706. The van der Waals surface area contributed by atoms with Crippen LogP contribution in [0.25, 0.3) is 10.9 Å². The summed E-state index contributed by atoms with van der Waals surface area (Å²) in [6, 6.07) is 11.4. The van der Waals surface area contributed by atoms with Gasteiger partial charge in [-0.25, -0.2) is 13.4 Å². The van der Waals surface area contributed by atoms with E-state index in [4.69, 9.17) is 11.6 Å². The zero-order valence-electron chi connectivity index (χ0n) is 22.0. The molecule has 12 heteroatoms. The first kappa shape index (κ1) is 29.7. The zero-order chi connectivity index (χ0) is 29.3. The van der Waals surface area contributed by atoms with Gasteiger partial charge in [0.25, 0.3) is 5.91 Å². The second kappa shape index (κ2) is 11.3. The van der Waals surface area contributed by atoms with Gasteiger partial charge in [-0.15, -0.1) is 6.58 Å². The molecule has 214 valence electrons. The summed E-state index contributed by atoms with van der Waals surface area (Å²) in [5.74, 6) is -0.424. The fourth-order valence-electron chi connectivity index (χ4n) is 4.77. The van der Waals surface area contributed by atoms with Gasteiger partial charge in [0.15, 0.2) is 0 Å². The second-order valence-electron chi connectivity index (χ2n) is 10.2. The van der Waals surface area contributed by atoms with Crippen LogP contribution in [0.3, 0.4) is 0 Å². The molecule has 0 unspecified atom stereocenters. The first-order valence-electron chi connectivity index (χ1n) is 12.7. The monoisotopic (exact) mass is 594 g/mol. The number of alkyl halides is 3. The van der Waals surface area contributed by atoms with Crippen LogP contribution >= 0.6 is 11.6 Å². The minimum absolute atomic E-state index is 0.161. The molecule has 40 heavy (non-hydrogen) atoms. The maximum Gasteiger partial charge on any atom is 0.433 e. The Labute approximate surface area is 236 Å². The molecule has 0 bridgehead atoms. The molecular formula is C28H30ClF3N4O3S. The Morgan fingerprint density at radius 1 is 1.20 bits per heavy atom. The number of nitrogens with zero attached hydrogens (tertiary/aromatic N) is 1. The van der Waals surface area contributed by atoms with Crippen LogP contribution < -0.4 is 15.4 Å². The van der Waals surface area contributed by atoms with Crippen molar-refractivity contribution < 1.29 is 26.4 Å². The average Bonchev–Trinajstić information content (AvgIpc) is 2.88. The van der Waals surface area contributed by atoms with Gasteiger partial charge in [-0.2, -0.15) is 13.2 Å². The quantitative estimate of drug-likeness (QED) is 0.250. The number of benzene rings is 2. The van der Waals surface area contributed by atoms with E-state index >= 15 is 0 Å². The molecule has 1 fully saturated rings. The highest BCUT2D eigenvalue weighted by atomic mass is 35.5. The van der Waals surface area contributed by atoms with Gasteiger partial charge in [0.05, 0.1) is 16.3 Å². The van der Waals surface area contributed by atoms with Gasteiger partial charge in [0, 0.05) is 33.4 Å². The molecule has 0 spiro atoms. The lowest BCUT2D eigenvalue weighted by Crippen LogP contribution is -2.52. The van der Waals surface area contributed by atoms with Crippen molar-refractivity contribution >= 4 is 49.8 Å². The number of aromatic nitrogens is 1. The van der Waals surface area contributed by atoms with Crippen molar-refractivity contribution in [2.75, 3.05) is 10.0 Å². The van der Waals surface area contributed by atoms with Crippen molar-refractivity contribution in [1.29, 1.82) is 0 Å². The summed E-state index contributed by atoms with van der Waals surface area (Å²) in [5, 5.41) is 6.43. The minimum Gasteiger partial charge on any atom is -0.382 e. The van der Waals surface area contributed by atoms with Crippen LogP contribution in [0.2, 0.25) is 5.02 Å². The maximum absolute atomic E-state index is 13.6. The Kier molecular flexibility index (Phi) is 8.37. The minimum atomic E-state index is -4.63. The number of rotatable bonds is 8. The summed E-state index contributed by atoms with van der Waals surface area (Å²) >= 11 is 6.13. The highest BCUT2D eigenvalue weighted by Gasteiger charge is 2.37. The number of halogens is 4. The lowest BCUT2D eigenvalue weighted by Gasteiger charge is -2.40. The van der Waals surface area contributed by atoms with Crippen molar-refractivity contribution in [3.63, 3.8) is 0 Å². The number of nitrogens with one attached hydrogen (secondary N) is 3. The summed E-state index contributed by atoms with van der Waals surface area (Å²) in [4.78, 5) is 17.0. The molecule has 1 aromatic heterocycles. The average molecular weight is 595 g/mol. The third kappa shape index (κ3) is 6.69. The molecular weight excluding hydrogens is 565 g/mol. The van der Waals surface area contributed by atoms with Gasteiger partial charge in [0.1, 0.15) is 5.69 Å². The van der Waals surface area contributed by atoms with Crippen LogP contribution in [0.1, 0.15) is 55.6 Å². The lowest BCUT2D eigenvalue weighted by atomic mass is 9.78. The topological polar surface area (TPSA) is 100 Å². The molecule has 0 radical (unpaired) electrons. The molecule has 2 aromatic carbocycles. The van der Waals surface area contributed by atoms with Crippen LogP contribution in [0.4, 0.5) is 24.5 Å². The van der Waals surface area contributed by atoms with E-state index in [0.29, 0.717) is 36.1 Å². The molecule has 0 aliphatic heterocycles. The number of carbonyl (C=O) groups is 1. The number of anilines is 2. The fourth-order valence-corrected chi connectivity index (χ4v) is 5.63. The third-order valence-corrected chi connectivity index (χ3v) is 8.96. The normalized spacial score (nSPS) is 19.8. The van der Waals surface area contributed by atoms with Crippen LogP contribution in [0.5, 0.6) is 0 Å². The smallest absolute Gasteiger partial charge is 0.382 e. The fraction of sp³-hybridized carbons (Fsp3) is 0.357. The van der Waals surface area contributed by atoms with Crippen molar-refractivity contribution in [1.82, 2.24) is 10.3 Å². The number of fused-ring (bicyclic) bond motifs is 1. The van der Waals surface area contributed by atoms with Crippen LogP contribution in [-0.4, -0.2) is 36.1 Å². The highest BCUT2D eigenvalue weighted by Crippen LogP contribution is 2.37. The maximum atomic E-state index is 13.6. The van der Waals surface area contributed by atoms with E-state index in [2.05, 4.69) is 26.9 Å². The molecule has 7 nitrogen and oxygen atoms in total. The van der Waals surface area contributed by atoms with Crippen molar-refractivity contribution in [2.24, 2.45) is 0 Å². The van der Waals surface area contributed by atoms with E-state index in [1.165, 1.54) is 18.2 Å². The Balaban J connectivity index is 1.56. The number of amides is 1. The lowest BCUT2D eigenvalue weighted by molar-refractivity contribution is -0.140. The second-order valence-corrected chi connectivity index (χ2v) is 12.9. The molecule has 1 amide bonds. The molecule has 3 N–H and O–H groups in total. The number of sulfonamides is 1. The van der Waals surface area contributed by atoms with E-state index in [1.807, 2.05) is 0 Å². The molecule has 3 aromatic rings. The van der Waals surface area contributed by atoms with Gasteiger partial charge in [-0.1, -0.05) is 23.7 Å². The van der Waals surface area contributed by atoms with E-state index in [0.717, 1.165) is 6.07 Å². The molecule has 1 saturated carbocycles. The first-order chi connectivity index (χ1) is 18.7. The van der Waals surface area contributed by atoms with E-state index in [9.17, 15) is 26.4 Å². The van der Waals surface area contributed by atoms with Gasteiger partial charge in [-0.3, -0.25) is 9.52 Å². The van der Waals surface area contributed by atoms with E-state index < -0.39 is 38.6 Å². The summed E-state index contributed by atoms with van der Waals surface area (Å²) in [6.45, 7) is 7.03. The number of hydrogen-bond donors (Lipinski definition) is 3. The van der Waals surface area contributed by atoms with Crippen LogP contribution in [0, 0.1) is 0 Å². The van der Waals surface area contributed by atoms with Crippen LogP contribution in [-0.2, 0) is 16.2 Å². The summed E-state index contributed by atoms with van der Waals surface area (Å²) < 4.78 is 67.7. The van der Waals surface area contributed by atoms with Crippen molar-refractivity contribution in [2.45, 2.75) is 62.5 Å². The van der Waals surface area contributed by atoms with E-state index in [1.54, 1.807) is 44.2 Å². The Hall–Kier alpha value is -3.31. The van der Waals surface area contributed by atoms with Crippen molar-refractivity contribution in [3.8, 4) is 0 Å². The Morgan fingerprint density at radius 2 is 1.95 bits per heavy atom. The molecule has 1 aliphatic carbocycles. The van der Waals surface area contributed by atoms with Crippen molar-refractivity contribution in [3.05, 3.63) is 77.5 Å². The van der Waals surface area contributed by atoms with Gasteiger partial charge in [0.2, 0.25) is 10.0 Å². The highest BCUT2D eigenvalue weighted by molar-refractivity contribution is 7.93. The van der Waals surface area contributed by atoms with E-state index in [-0.39, 0.29) is 28.5 Å². The Morgan fingerprint density at radius 3 is 2.62 bits per heavy atom. The standard InChI is InChI=1S/C28H30ClF3N4O3S/c1-4-27(35-26(37)18-7-5-8-20(13-18)36-40(38,39)17(2)3)12-6-9-21(16-27)33-24-15-25(28(30,31)32)34-23-11-10-19(29)14-22(23)24/h4-5,7-8,10-11,13-15,17,21,36H,1,6,9,12,16H2,2-3H3,(H,33,34)(H,35,37)/t21-,27+/m0/s1. The first-order valence-corrected chi connectivity index (χ1v) is 14.7. The van der Waals surface area contributed by atoms with Gasteiger partial charge >= 0.3 is 6.18 Å². The molecule has 1 aliphatic rings. The number of hydrogen-bond acceptors (Lipinski definition) is 5.